The standard InChI is InChI=1S/C12H12N2O/c15-8-4-5-11-9-13-14(10-11)12-6-2-1-3-7-12/h1-4,6-10,15H,5H2/b8-4+. The number of aliphatic hydroxyl groups is 1. The predicted octanol–water partition coefficient (Wildman–Crippen LogP) is 2.49. The molecule has 0 amide bonds. The van der Waals surface area contributed by atoms with Crippen LogP contribution in [0.5, 0.6) is 0 Å². The van der Waals surface area contributed by atoms with Gasteiger partial charge in [0.05, 0.1) is 18.1 Å². The second-order valence-corrected chi connectivity index (χ2v) is 3.22. The van der Waals surface area contributed by atoms with E-state index in [4.69, 9.17) is 5.11 Å². The SMILES string of the molecule is O/C=C/Cc1cnn(-c2ccccc2)c1. The van der Waals surface area contributed by atoms with E-state index in [0.29, 0.717) is 6.42 Å². The van der Waals surface area contributed by atoms with Gasteiger partial charge in [-0.05, 0) is 30.2 Å². The zero-order valence-electron chi connectivity index (χ0n) is 8.24. The summed E-state index contributed by atoms with van der Waals surface area (Å²) in [6.45, 7) is 0. The molecule has 0 aliphatic rings. The summed E-state index contributed by atoms with van der Waals surface area (Å²) in [6, 6.07) is 9.92. The Labute approximate surface area is 88.3 Å². The molecule has 0 unspecified atom stereocenters. The lowest BCUT2D eigenvalue weighted by Gasteiger charge is -1.98. The van der Waals surface area contributed by atoms with Crippen LogP contribution >= 0.6 is 0 Å². The molecule has 3 nitrogen and oxygen atoms in total. The molecule has 0 radical (unpaired) electrons. The Bertz CT molecular complexity index is 446. The second-order valence-electron chi connectivity index (χ2n) is 3.22. The van der Waals surface area contributed by atoms with Crippen LogP contribution in [-0.4, -0.2) is 14.9 Å². The Morgan fingerprint density at radius 3 is 2.80 bits per heavy atom. The molecule has 0 saturated carbocycles. The molecule has 0 spiro atoms. The number of hydrogen-bond acceptors (Lipinski definition) is 2. The van der Waals surface area contributed by atoms with Crippen molar-refractivity contribution in [1.82, 2.24) is 9.78 Å². The molecule has 0 aliphatic carbocycles. The topological polar surface area (TPSA) is 38.1 Å². The van der Waals surface area contributed by atoms with Crippen LogP contribution in [-0.2, 0) is 6.42 Å². The Kier molecular flexibility index (Phi) is 2.83. The Morgan fingerprint density at radius 1 is 1.27 bits per heavy atom. The van der Waals surface area contributed by atoms with Gasteiger partial charge in [0.15, 0.2) is 0 Å². The molecule has 76 valence electrons. The lowest BCUT2D eigenvalue weighted by Crippen LogP contribution is -1.92. The zero-order valence-corrected chi connectivity index (χ0v) is 8.24. The van der Waals surface area contributed by atoms with E-state index < -0.39 is 0 Å². The minimum absolute atomic E-state index is 0.698. The molecule has 15 heavy (non-hydrogen) atoms. The van der Waals surface area contributed by atoms with Gasteiger partial charge in [-0.1, -0.05) is 18.2 Å². The maximum Gasteiger partial charge on any atom is 0.0755 e. The molecule has 0 bridgehead atoms. The molecule has 0 aliphatic heterocycles. The van der Waals surface area contributed by atoms with Gasteiger partial charge >= 0.3 is 0 Å². The third-order valence-electron chi connectivity index (χ3n) is 2.12. The summed E-state index contributed by atoms with van der Waals surface area (Å²) in [5.74, 6) is 0. The maximum absolute atomic E-state index is 8.54. The van der Waals surface area contributed by atoms with E-state index in [1.165, 1.54) is 0 Å². The molecule has 1 aromatic carbocycles. The molecular formula is C12H12N2O. The average molecular weight is 200 g/mol. The summed E-state index contributed by atoms with van der Waals surface area (Å²) in [6.07, 6.45) is 7.19. The highest BCUT2D eigenvalue weighted by Gasteiger charge is 1.98. The Morgan fingerprint density at radius 2 is 2.07 bits per heavy atom. The molecule has 2 rings (SSSR count). The highest BCUT2D eigenvalue weighted by Crippen LogP contribution is 2.08. The van der Waals surface area contributed by atoms with Gasteiger partial charge in [0.1, 0.15) is 0 Å². The third kappa shape index (κ3) is 2.26. The number of nitrogens with zero attached hydrogens (tertiary/aromatic N) is 2. The van der Waals surface area contributed by atoms with E-state index in [-0.39, 0.29) is 0 Å². The molecule has 1 heterocycles. The molecular weight excluding hydrogens is 188 g/mol. The number of rotatable bonds is 3. The maximum atomic E-state index is 8.54. The van der Waals surface area contributed by atoms with Crippen LogP contribution in [0.4, 0.5) is 0 Å². The lowest BCUT2D eigenvalue weighted by atomic mass is 10.2. The van der Waals surface area contributed by atoms with Gasteiger partial charge in [-0.2, -0.15) is 5.10 Å². The highest BCUT2D eigenvalue weighted by atomic mass is 16.2. The summed E-state index contributed by atoms with van der Waals surface area (Å²) in [5, 5.41) is 12.8. The molecule has 0 saturated heterocycles. The van der Waals surface area contributed by atoms with Crippen molar-refractivity contribution in [2.45, 2.75) is 6.42 Å². The number of benzene rings is 1. The minimum Gasteiger partial charge on any atom is -0.516 e. The van der Waals surface area contributed by atoms with E-state index >= 15 is 0 Å². The van der Waals surface area contributed by atoms with Gasteiger partial charge in [0.2, 0.25) is 0 Å². The fourth-order valence-corrected chi connectivity index (χ4v) is 1.38. The first-order chi connectivity index (χ1) is 7.40. The second kappa shape index (κ2) is 4.46. The van der Waals surface area contributed by atoms with Crippen molar-refractivity contribution in [1.29, 1.82) is 0 Å². The third-order valence-corrected chi connectivity index (χ3v) is 2.12. The first kappa shape index (κ1) is 9.52. The summed E-state index contributed by atoms with van der Waals surface area (Å²) in [4.78, 5) is 0. The summed E-state index contributed by atoms with van der Waals surface area (Å²) in [7, 11) is 0. The predicted molar refractivity (Wildman–Crippen MR) is 59.0 cm³/mol. The Balaban J connectivity index is 2.20. The highest BCUT2D eigenvalue weighted by molar-refractivity contribution is 5.31. The fraction of sp³-hybridized carbons (Fsp3) is 0.0833. The minimum atomic E-state index is 0.698. The molecule has 1 aromatic heterocycles. The van der Waals surface area contributed by atoms with Gasteiger partial charge < -0.3 is 5.11 Å². The van der Waals surface area contributed by atoms with Gasteiger partial charge in [-0.3, -0.25) is 0 Å². The monoisotopic (exact) mass is 200 g/mol. The molecule has 2 aromatic rings. The quantitative estimate of drug-likeness (QED) is 0.773. The van der Waals surface area contributed by atoms with Gasteiger partial charge in [-0.25, -0.2) is 4.68 Å². The van der Waals surface area contributed by atoms with Crippen LogP contribution in [0.3, 0.4) is 0 Å². The molecule has 3 heteroatoms. The van der Waals surface area contributed by atoms with Crippen molar-refractivity contribution >= 4 is 0 Å². The number of allylic oxidation sites excluding steroid dienone is 1. The first-order valence-corrected chi connectivity index (χ1v) is 4.78. The van der Waals surface area contributed by atoms with E-state index in [1.807, 2.05) is 41.2 Å². The summed E-state index contributed by atoms with van der Waals surface area (Å²) < 4.78 is 1.82. The average Bonchev–Trinajstić information content (AvgIpc) is 2.76. The first-order valence-electron chi connectivity index (χ1n) is 4.78. The van der Waals surface area contributed by atoms with Gasteiger partial charge in [-0.15, -0.1) is 0 Å². The van der Waals surface area contributed by atoms with E-state index in [2.05, 4.69) is 5.10 Å². The van der Waals surface area contributed by atoms with Crippen LogP contribution in [0.2, 0.25) is 0 Å². The van der Waals surface area contributed by atoms with E-state index in [9.17, 15) is 0 Å². The van der Waals surface area contributed by atoms with Crippen LogP contribution in [0.25, 0.3) is 5.69 Å². The summed E-state index contributed by atoms with van der Waals surface area (Å²) in [5.41, 5.74) is 2.11. The van der Waals surface area contributed by atoms with Crippen molar-refractivity contribution in [2.24, 2.45) is 0 Å². The van der Waals surface area contributed by atoms with Crippen LogP contribution in [0.15, 0.2) is 55.1 Å². The lowest BCUT2D eigenvalue weighted by molar-refractivity contribution is 0.471. The fourth-order valence-electron chi connectivity index (χ4n) is 1.38. The molecule has 1 N–H and O–H groups in total. The Hall–Kier alpha value is -2.03. The van der Waals surface area contributed by atoms with Crippen molar-refractivity contribution in [2.75, 3.05) is 0 Å². The smallest absolute Gasteiger partial charge is 0.0755 e. The van der Waals surface area contributed by atoms with Gasteiger partial charge in [0.25, 0.3) is 0 Å². The van der Waals surface area contributed by atoms with Crippen molar-refractivity contribution in [3.63, 3.8) is 0 Å². The molecule has 0 atom stereocenters. The largest absolute Gasteiger partial charge is 0.516 e. The summed E-state index contributed by atoms with van der Waals surface area (Å²) >= 11 is 0. The van der Waals surface area contributed by atoms with E-state index in [1.54, 1.807) is 12.3 Å². The van der Waals surface area contributed by atoms with Crippen molar-refractivity contribution in [3.05, 3.63) is 60.6 Å². The molecule has 0 fully saturated rings. The van der Waals surface area contributed by atoms with E-state index in [0.717, 1.165) is 17.5 Å². The van der Waals surface area contributed by atoms with Crippen molar-refractivity contribution < 1.29 is 5.11 Å². The zero-order chi connectivity index (χ0) is 10.5. The number of aliphatic hydroxyl groups excluding tert-OH is 1. The van der Waals surface area contributed by atoms with Crippen LogP contribution < -0.4 is 0 Å². The van der Waals surface area contributed by atoms with Gasteiger partial charge in [0, 0.05) is 6.20 Å². The number of hydrogen-bond donors (Lipinski definition) is 1. The van der Waals surface area contributed by atoms with Crippen LogP contribution in [0.1, 0.15) is 5.56 Å². The number of para-hydroxylation sites is 1. The number of aromatic nitrogens is 2. The van der Waals surface area contributed by atoms with Crippen molar-refractivity contribution in [3.8, 4) is 5.69 Å². The van der Waals surface area contributed by atoms with Crippen LogP contribution in [0, 0.1) is 0 Å². The normalized spacial score (nSPS) is 10.9.